The Labute approximate surface area is 127 Å². The summed E-state index contributed by atoms with van der Waals surface area (Å²) in [5.74, 6) is -0.449. The zero-order chi connectivity index (χ0) is 15.1. The van der Waals surface area contributed by atoms with Gasteiger partial charge in [0.05, 0.1) is 5.02 Å². The highest BCUT2D eigenvalue weighted by atomic mass is 35.5. The van der Waals surface area contributed by atoms with Crippen molar-refractivity contribution in [3.63, 3.8) is 0 Å². The zero-order valence-electron chi connectivity index (χ0n) is 11.5. The molecule has 5 heteroatoms. The first-order valence-electron chi connectivity index (χ1n) is 6.55. The van der Waals surface area contributed by atoms with Gasteiger partial charge in [-0.15, -0.1) is 0 Å². The number of halogens is 2. The predicted octanol–water partition coefficient (Wildman–Crippen LogP) is 3.82. The number of nitrogens with zero attached hydrogens (tertiary/aromatic N) is 1. The summed E-state index contributed by atoms with van der Waals surface area (Å²) in [7, 11) is 0. The van der Waals surface area contributed by atoms with Gasteiger partial charge in [-0.2, -0.15) is 0 Å². The number of nitrogens with two attached hydrogens (primary N) is 2. The van der Waals surface area contributed by atoms with Gasteiger partial charge in [-0.25, -0.2) is 4.39 Å². The van der Waals surface area contributed by atoms with Crippen LogP contribution in [0.1, 0.15) is 22.9 Å². The van der Waals surface area contributed by atoms with E-state index < -0.39 is 12.0 Å². The maximum absolute atomic E-state index is 13.3. The molecule has 0 bridgehead atoms. The van der Waals surface area contributed by atoms with E-state index in [0.717, 1.165) is 28.1 Å². The van der Waals surface area contributed by atoms with E-state index in [1.54, 1.807) is 12.1 Å². The monoisotopic (exact) mass is 303 g/mol. The second-order valence-corrected chi connectivity index (χ2v) is 5.47. The third-order valence-electron chi connectivity index (χ3n) is 3.76. The van der Waals surface area contributed by atoms with Crippen LogP contribution < -0.4 is 16.4 Å². The van der Waals surface area contributed by atoms with E-state index in [4.69, 9.17) is 23.1 Å². The highest BCUT2D eigenvalue weighted by molar-refractivity contribution is 6.31. The van der Waals surface area contributed by atoms with Crippen molar-refractivity contribution in [2.24, 2.45) is 5.73 Å². The van der Waals surface area contributed by atoms with E-state index in [0.29, 0.717) is 0 Å². The molecular weight excluding hydrogens is 289 g/mol. The van der Waals surface area contributed by atoms with Gasteiger partial charge in [0.1, 0.15) is 12.0 Å². The number of rotatable bonds is 1. The lowest BCUT2D eigenvalue weighted by Gasteiger charge is -2.33. The van der Waals surface area contributed by atoms with Crippen molar-refractivity contribution in [2.45, 2.75) is 13.1 Å². The van der Waals surface area contributed by atoms with Crippen LogP contribution in [-0.4, -0.2) is 0 Å². The van der Waals surface area contributed by atoms with Gasteiger partial charge < -0.3 is 16.4 Å². The molecule has 3 nitrogen and oxygen atoms in total. The number of fused-ring (bicyclic) bond motifs is 1. The Morgan fingerprint density at radius 1 is 1.24 bits per heavy atom. The summed E-state index contributed by atoms with van der Waals surface area (Å²) in [6, 6.07) is 8.45. The topological polar surface area (TPSA) is 55.3 Å². The molecule has 1 heterocycles. The fourth-order valence-corrected chi connectivity index (χ4v) is 2.67. The molecule has 0 aliphatic carbocycles. The Bertz CT molecular complexity index is 743. The normalized spacial score (nSPS) is 17.0. The van der Waals surface area contributed by atoms with Gasteiger partial charge in [0, 0.05) is 23.1 Å². The van der Waals surface area contributed by atoms with E-state index in [9.17, 15) is 4.39 Å². The van der Waals surface area contributed by atoms with Crippen LogP contribution in [0.2, 0.25) is 5.02 Å². The average Bonchev–Trinajstić information content (AvgIpc) is 2.47. The average molecular weight is 304 g/mol. The molecule has 2 aromatic carbocycles. The van der Waals surface area contributed by atoms with Crippen LogP contribution in [0.5, 0.6) is 0 Å². The quantitative estimate of drug-likeness (QED) is 0.788. The Hall–Kier alpha value is -2.04. The Morgan fingerprint density at radius 3 is 2.71 bits per heavy atom. The molecule has 21 heavy (non-hydrogen) atoms. The first-order valence-corrected chi connectivity index (χ1v) is 6.93. The molecule has 1 atom stereocenters. The van der Waals surface area contributed by atoms with Crippen molar-refractivity contribution in [1.82, 2.24) is 0 Å². The molecule has 2 aromatic rings. The van der Waals surface area contributed by atoms with Crippen molar-refractivity contribution in [3.8, 4) is 0 Å². The SMILES string of the molecule is Cc1ccc2c(c1N)C=CN(c1ccc(F)c(Cl)c1)C2N. The van der Waals surface area contributed by atoms with Crippen molar-refractivity contribution in [1.29, 1.82) is 0 Å². The highest BCUT2D eigenvalue weighted by Crippen LogP contribution is 2.36. The van der Waals surface area contributed by atoms with E-state index >= 15 is 0 Å². The molecular formula is C16H15ClFN3. The number of hydrogen-bond acceptors (Lipinski definition) is 3. The van der Waals surface area contributed by atoms with Crippen molar-refractivity contribution >= 4 is 29.1 Å². The van der Waals surface area contributed by atoms with Crippen molar-refractivity contribution in [3.05, 3.63) is 64.1 Å². The molecule has 1 aliphatic heterocycles. The lowest BCUT2D eigenvalue weighted by atomic mass is 9.96. The first kappa shape index (κ1) is 13.9. The third kappa shape index (κ3) is 2.26. The first-order chi connectivity index (χ1) is 9.99. The summed E-state index contributed by atoms with van der Waals surface area (Å²) >= 11 is 5.84. The Kier molecular flexibility index (Phi) is 3.35. The van der Waals surface area contributed by atoms with Crippen LogP contribution in [0, 0.1) is 12.7 Å². The van der Waals surface area contributed by atoms with Gasteiger partial charge in [-0.3, -0.25) is 0 Å². The zero-order valence-corrected chi connectivity index (χ0v) is 12.2. The fraction of sp³-hybridized carbons (Fsp3) is 0.125. The molecule has 4 N–H and O–H groups in total. The van der Waals surface area contributed by atoms with Crippen LogP contribution >= 0.6 is 11.6 Å². The van der Waals surface area contributed by atoms with Crippen LogP contribution in [0.4, 0.5) is 15.8 Å². The van der Waals surface area contributed by atoms with Crippen LogP contribution in [0.3, 0.4) is 0 Å². The van der Waals surface area contributed by atoms with Gasteiger partial charge >= 0.3 is 0 Å². The minimum absolute atomic E-state index is 0.0716. The Morgan fingerprint density at radius 2 is 2.00 bits per heavy atom. The summed E-state index contributed by atoms with van der Waals surface area (Å²) in [5.41, 5.74) is 16.8. The fourth-order valence-electron chi connectivity index (χ4n) is 2.50. The van der Waals surface area contributed by atoms with Crippen LogP contribution in [0.25, 0.3) is 6.08 Å². The van der Waals surface area contributed by atoms with E-state index in [1.807, 2.05) is 36.2 Å². The molecule has 0 fully saturated rings. The summed E-state index contributed by atoms with van der Waals surface area (Å²) < 4.78 is 13.3. The van der Waals surface area contributed by atoms with Crippen molar-refractivity contribution in [2.75, 3.05) is 10.6 Å². The summed E-state index contributed by atoms with van der Waals surface area (Å²) in [4.78, 5) is 1.84. The van der Waals surface area contributed by atoms with Crippen molar-refractivity contribution < 1.29 is 4.39 Å². The summed E-state index contributed by atoms with van der Waals surface area (Å²) in [6.07, 6.45) is 3.36. The molecule has 0 saturated carbocycles. The van der Waals surface area contributed by atoms with Gasteiger partial charge in [0.2, 0.25) is 0 Å². The molecule has 1 aliphatic rings. The second kappa shape index (κ2) is 5.06. The van der Waals surface area contributed by atoms with Crippen LogP contribution in [0.15, 0.2) is 36.5 Å². The van der Waals surface area contributed by atoms with Gasteiger partial charge in [0.15, 0.2) is 0 Å². The molecule has 0 aromatic heterocycles. The predicted molar refractivity (Wildman–Crippen MR) is 85.4 cm³/mol. The molecule has 0 spiro atoms. The van der Waals surface area contributed by atoms with Gasteiger partial charge in [-0.05, 0) is 42.3 Å². The minimum Gasteiger partial charge on any atom is -0.398 e. The molecule has 3 rings (SSSR count). The highest BCUT2D eigenvalue weighted by Gasteiger charge is 2.23. The summed E-state index contributed by atoms with van der Waals surface area (Å²) in [6.45, 7) is 1.96. The maximum atomic E-state index is 13.3. The number of hydrogen-bond donors (Lipinski definition) is 2. The van der Waals surface area contributed by atoms with Gasteiger partial charge in [0.25, 0.3) is 0 Å². The minimum atomic E-state index is -0.449. The lowest BCUT2D eigenvalue weighted by molar-refractivity contribution is 0.627. The van der Waals surface area contributed by atoms with E-state index in [-0.39, 0.29) is 5.02 Å². The molecule has 1 unspecified atom stereocenters. The largest absolute Gasteiger partial charge is 0.398 e. The lowest BCUT2D eigenvalue weighted by Crippen LogP contribution is -2.33. The Balaban J connectivity index is 2.05. The standard InChI is InChI=1S/C16H15ClFN3/c1-9-2-4-12-11(15(9)19)6-7-21(16(12)20)10-3-5-14(18)13(17)8-10/h2-8,16H,19-20H2,1H3. The molecule has 108 valence electrons. The number of benzene rings is 2. The molecule has 0 radical (unpaired) electrons. The number of aryl methyl sites for hydroxylation is 1. The van der Waals surface area contributed by atoms with Crippen LogP contribution in [-0.2, 0) is 0 Å². The number of anilines is 2. The molecule has 0 amide bonds. The van der Waals surface area contributed by atoms with E-state index in [2.05, 4.69) is 0 Å². The number of nitrogen functional groups attached to an aromatic ring is 1. The third-order valence-corrected chi connectivity index (χ3v) is 4.05. The maximum Gasteiger partial charge on any atom is 0.141 e. The second-order valence-electron chi connectivity index (χ2n) is 5.07. The van der Waals surface area contributed by atoms with E-state index in [1.165, 1.54) is 6.07 Å². The molecule has 0 saturated heterocycles. The summed E-state index contributed by atoms with van der Waals surface area (Å²) in [5, 5.41) is 0.0716. The van der Waals surface area contributed by atoms with Gasteiger partial charge in [-0.1, -0.05) is 23.7 Å². The smallest absolute Gasteiger partial charge is 0.141 e.